The molecule has 8 rings (SSSR count). The van der Waals surface area contributed by atoms with E-state index in [4.69, 9.17) is 29.3 Å². The van der Waals surface area contributed by atoms with Crippen LogP contribution in [0.3, 0.4) is 0 Å². The predicted molar refractivity (Wildman–Crippen MR) is 317 cm³/mol. The van der Waals surface area contributed by atoms with Crippen LogP contribution in [0.5, 0.6) is 23.0 Å². The van der Waals surface area contributed by atoms with E-state index in [1.165, 1.54) is 16.7 Å². The minimum absolute atomic E-state index is 0. The molecule has 0 spiro atoms. The van der Waals surface area contributed by atoms with Crippen LogP contribution in [-0.2, 0) is 72.1 Å². The third-order valence-corrected chi connectivity index (χ3v) is 11.5. The molecule has 8 aromatic rings. The van der Waals surface area contributed by atoms with Crippen molar-refractivity contribution in [3.8, 4) is 79.9 Å². The van der Waals surface area contributed by atoms with E-state index in [2.05, 4.69) is 182 Å². The first kappa shape index (κ1) is 69.0. The number of nitrogens with zero attached hydrogens (tertiary/aromatic N) is 4. The zero-order chi connectivity index (χ0) is 57.8. The maximum atomic E-state index is 9.00. The first-order chi connectivity index (χ1) is 36.6. The standard InChI is InChI=1S/C30H32N2O.C30H30N2O.C4H6.2C2H4O2.2Pd/c2*1-29(2,3)23-13-15-32-28(20-23)22-16-24(30(4,5)6)19-26(18-22)33-25-11-9-10-21(17-25)27-12-7-8-14-31-27;1-3-4-2;2*1-2(3)4;;/h7-20H,1-6H3;7-16,19-20H,1-6H3;1-2H3;2*1H3,(H,3,4);;/q;-2;;;;;+2. The largest absolute Gasteiger partial charge is 2.00 e. The summed E-state index contributed by atoms with van der Waals surface area (Å²) in [7, 11) is 0. The average Bonchev–Trinajstić information content (AvgIpc) is 3.38. The van der Waals surface area contributed by atoms with Gasteiger partial charge < -0.3 is 29.7 Å². The number of ether oxygens (including phenoxy) is 2. The van der Waals surface area contributed by atoms with E-state index in [1.807, 2.05) is 105 Å². The van der Waals surface area contributed by atoms with E-state index in [9.17, 15) is 0 Å². The van der Waals surface area contributed by atoms with Crippen molar-refractivity contribution in [3.63, 3.8) is 0 Å². The second-order valence-corrected chi connectivity index (χ2v) is 22.4. The number of hydrogen-bond acceptors (Lipinski definition) is 8. The summed E-state index contributed by atoms with van der Waals surface area (Å²) < 4.78 is 12.6. The van der Waals surface area contributed by atoms with E-state index in [1.54, 1.807) is 12.4 Å². The van der Waals surface area contributed by atoms with Gasteiger partial charge in [-0.25, -0.2) is 0 Å². The van der Waals surface area contributed by atoms with E-state index < -0.39 is 11.9 Å². The molecule has 0 saturated carbocycles. The number of carbonyl (C=O) groups is 2. The number of benzene rings is 4. The molecule has 424 valence electrons. The summed E-state index contributed by atoms with van der Waals surface area (Å²) in [5.74, 6) is 6.56. The molecule has 2 N–H and O–H groups in total. The fraction of sp³-hybridized carbons (Fsp3) is 0.294. The second-order valence-electron chi connectivity index (χ2n) is 22.4. The van der Waals surface area contributed by atoms with E-state index >= 15 is 0 Å². The summed E-state index contributed by atoms with van der Waals surface area (Å²) in [5, 5.41) is 14.8. The average molecular weight is 1260 g/mol. The Kier molecular flexibility index (Phi) is 27.3. The molecule has 0 radical (unpaired) electrons. The van der Waals surface area contributed by atoms with E-state index in [0.717, 1.165) is 75.9 Å². The molecule has 12 heteroatoms. The van der Waals surface area contributed by atoms with Crippen molar-refractivity contribution >= 4 is 11.9 Å². The van der Waals surface area contributed by atoms with Gasteiger partial charge in [-0.2, -0.15) is 0 Å². The number of carboxylic acid groups (broad SMARTS) is 2. The molecule has 4 aromatic heterocycles. The molecule has 0 aliphatic heterocycles. The van der Waals surface area contributed by atoms with Crippen LogP contribution in [0.4, 0.5) is 0 Å². The molecule has 80 heavy (non-hydrogen) atoms. The van der Waals surface area contributed by atoms with Crippen LogP contribution >= 0.6 is 0 Å². The Balaban J connectivity index is 0.000000446. The summed E-state index contributed by atoms with van der Waals surface area (Å²) >= 11 is 0. The number of rotatable bonds is 8. The van der Waals surface area contributed by atoms with Crippen LogP contribution in [0.2, 0.25) is 0 Å². The molecule has 0 aliphatic rings. The topological polar surface area (TPSA) is 145 Å². The number of pyridine rings is 4. The Labute approximate surface area is 503 Å². The minimum Gasteiger partial charge on any atom is -0.497 e. The zero-order valence-corrected chi connectivity index (χ0v) is 52.1. The van der Waals surface area contributed by atoms with Gasteiger partial charge in [0.2, 0.25) is 0 Å². The minimum atomic E-state index is -0.833. The molecular formula is C68H76N4O6Pd2. The number of carboxylic acids is 2. The van der Waals surface area contributed by atoms with Gasteiger partial charge in [0.25, 0.3) is 11.9 Å². The van der Waals surface area contributed by atoms with Crippen molar-refractivity contribution < 1.29 is 70.1 Å². The quantitative estimate of drug-likeness (QED) is 0.0857. The first-order valence-electron chi connectivity index (χ1n) is 25.8. The first-order valence-corrected chi connectivity index (χ1v) is 25.8. The summed E-state index contributed by atoms with van der Waals surface area (Å²) in [6.45, 7) is 32.3. The van der Waals surface area contributed by atoms with Crippen molar-refractivity contribution in [3.05, 3.63) is 193 Å². The fourth-order valence-electron chi connectivity index (χ4n) is 7.19. The molecule has 4 aromatic carbocycles. The fourth-order valence-corrected chi connectivity index (χ4v) is 7.19. The molecule has 0 fully saturated rings. The van der Waals surface area contributed by atoms with E-state index in [0.29, 0.717) is 11.5 Å². The van der Waals surface area contributed by atoms with Crippen LogP contribution < -0.4 is 9.47 Å². The molecule has 0 atom stereocenters. The summed E-state index contributed by atoms with van der Waals surface area (Å²) in [4.78, 5) is 36.2. The molecule has 0 saturated heterocycles. The van der Waals surface area contributed by atoms with Crippen LogP contribution in [0.25, 0.3) is 45.0 Å². The van der Waals surface area contributed by atoms with Gasteiger partial charge in [0, 0.05) is 81.7 Å². The van der Waals surface area contributed by atoms with Gasteiger partial charge in [-0.3, -0.25) is 19.6 Å². The smallest absolute Gasteiger partial charge is 0.497 e. The van der Waals surface area contributed by atoms with Crippen molar-refractivity contribution in [1.82, 2.24) is 19.9 Å². The predicted octanol–water partition coefficient (Wildman–Crippen LogP) is 17.2. The Bertz CT molecular complexity index is 3060. The molecule has 4 heterocycles. The number of hydrogen-bond donors (Lipinski definition) is 2. The van der Waals surface area contributed by atoms with Crippen LogP contribution in [0.1, 0.15) is 133 Å². The summed E-state index contributed by atoms with van der Waals surface area (Å²) in [5.41, 5.74) is 12.4. The van der Waals surface area contributed by atoms with Crippen molar-refractivity contribution in [1.29, 1.82) is 0 Å². The number of aliphatic carboxylic acids is 2. The SMILES string of the molecule is CC#CC.CC(=O)O.CC(=O)O.CC(C)(C)c1cc(Oc2[c-]c(-c3ccccn3)ccc2)[c-]c(-c2cc(C(C)(C)C)ccn2)c1.CC(C)(C)c1cc(Oc2cccc(-c3ccccn3)c2)cc(-c2cc(C(C)(C)C)ccn2)c1.[Pd+2].[Pd]. The Morgan fingerprint density at radius 3 is 1.40 bits per heavy atom. The van der Waals surface area contributed by atoms with Gasteiger partial charge in [-0.05, 0) is 130 Å². The Morgan fingerprint density at radius 1 is 0.425 bits per heavy atom. The van der Waals surface area contributed by atoms with Gasteiger partial charge in [-0.15, -0.1) is 52.8 Å². The van der Waals surface area contributed by atoms with Crippen LogP contribution in [0, 0.1) is 24.0 Å². The maximum absolute atomic E-state index is 9.00. The van der Waals surface area contributed by atoms with Gasteiger partial charge in [-0.1, -0.05) is 138 Å². The van der Waals surface area contributed by atoms with Crippen LogP contribution in [0.15, 0.2) is 158 Å². The second kappa shape index (κ2) is 31.6. The van der Waals surface area contributed by atoms with Crippen molar-refractivity contribution in [2.24, 2.45) is 0 Å². The van der Waals surface area contributed by atoms with Crippen molar-refractivity contribution in [2.75, 3.05) is 0 Å². The Morgan fingerprint density at radius 2 is 0.887 bits per heavy atom. The normalized spacial score (nSPS) is 10.7. The molecule has 10 nitrogen and oxygen atoms in total. The monoisotopic (exact) mass is 1260 g/mol. The third-order valence-electron chi connectivity index (χ3n) is 11.5. The van der Waals surface area contributed by atoms with Crippen LogP contribution in [-0.4, -0.2) is 42.1 Å². The summed E-state index contributed by atoms with van der Waals surface area (Å²) in [6, 6.07) is 51.6. The molecule has 0 aliphatic carbocycles. The molecule has 0 amide bonds. The maximum Gasteiger partial charge on any atom is 2.00 e. The molecule has 0 unspecified atom stereocenters. The van der Waals surface area contributed by atoms with Gasteiger partial charge >= 0.3 is 20.4 Å². The molecular weight excluding hydrogens is 1180 g/mol. The summed E-state index contributed by atoms with van der Waals surface area (Å²) in [6.07, 6.45) is 7.36. The van der Waals surface area contributed by atoms with E-state index in [-0.39, 0.29) is 62.5 Å². The number of aromatic nitrogens is 4. The van der Waals surface area contributed by atoms with Crippen molar-refractivity contribution in [2.45, 2.75) is 132 Å². The molecule has 0 bridgehead atoms. The van der Waals surface area contributed by atoms with Gasteiger partial charge in [0.05, 0.1) is 11.4 Å². The van der Waals surface area contributed by atoms with Gasteiger partial charge in [0.1, 0.15) is 11.5 Å². The Hall–Kier alpha value is -7.10. The van der Waals surface area contributed by atoms with Gasteiger partial charge in [0.15, 0.2) is 0 Å². The zero-order valence-electron chi connectivity index (χ0n) is 49.0. The third kappa shape index (κ3) is 23.3.